The highest BCUT2D eigenvalue weighted by Crippen LogP contribution is 2.39. The van der Waals surface area contributed by atoms with Crippen LogP contribution in [0.5, 0.6) is 11.5 Å². The monoisotopic (exact) mass is 410 g/mol. The molecule has 7 heteroatoms. The van der Waals surface area contributed by atoms with E-state index in [0.29, 0.717) is 32.1 Å². The lowest BCUT2D eigenvalue weighted by molar-refractivity contribution is 0.0186. The highest BCUT2D eigenvalue weighted by atomic mass is 16.5. The Hall–Kier alpha value is -3.06. The topological polar surface area (TPSA) is 91.1 Å². The number of carbonyl (C=O) groups excluding carboxylic acids is 2. The van der Waals surface area contributed by atoms with Gasteiger partial charge in [-0.3, -0.25) is 9.59 Å². The Labute approximate surface area is 175 Å². The molecule has 2 aromatic rings. The van der Waals surface area contributed by atoms with Crippen molar-refractivity contribution >= 4 is 17.4 Å². The number of ketones is 1. The van der Waals surface area contributed by atoms with Gasteiger partial charge in [0.05, 0.1) is 30.8 Å². The van der Waals surface area contributed by atoms with E-state index in [1.165, 1.54) is 0 Å². The third kappa shape index (κ3) is 3.98. The van der Waals surface area contributed by atoms with E-state index in [-0.39, 0.29) is 29.9 Å². The molecular formula is C23H26N2O5. The molecule has 2 aromatic carbocycles. The number of amides is 1. The minimum Gasteiger partial charge on any atom is -0.489 e. The number of nitrogens with two attached hydrogens (primary N) is 1. The number of morpholine rings is 1. The van der Waals surface area contributed by atoms with E-state index in [2.05, 4.69) is 4.90 Å². The fraction of sp³-hybridized carbons (Fsp3) is 0.391. The second-order valence-electron chi connectivity index (χ2n) is 8.04. The minimum atomic E-state index is -0.856. The highest BCUT2D eigenvalue weighted by Gasteiger charge is 2.40. The number of Topliss-reactive ketones (excluding diaryl/α,β-unsaturated/α-hetero) is 1. The van der Waals surface area contributed by atoms with Crippen LogP contribution in [0.25, 0.3) is 0 Å². The maximum absolute atomic E-state index is 13.0. The van der Waals surface area contributed by atoms with Gasteiger partial charge in [0.1, 0.15) is 23.7 Å². The number of benzene rings is 2. The van der Waals surface area contributed by atoms with Gasteiger partial charge < -0.3 is 24.8 Å². The van der Waals surface area contributed by atoms with Crippen LogP contribution < -0.4 is 20.1 Å². The third-order valence-corrected chi connectivity index (χ3v) is 5.52. The van der Waals surface area contributed by atoms with Gasteiger partial charge in [0, 0.05) is 24.8 Å². The number of primary amides is 1. The number of aryl methyl sites for hydroxylation is 1. The van der Waals surface area contributed by atoms with Crippen LogP contribution in [0.4, 0.5) is 5.69 Å². The van der Waals surface area contributed by atoms with Gasteiger partial charge in [-0.25, -0.2) is 0 Å². The lowest BCUT2D eigenvalue weighted by Crippen LogP contribution is -2.45. The Balaban J connectivity index is 1.64. The number of rotatable bonds is 5. The van der Waals surface area contributed by atoms with Crippen LogP contribution >= 0.6 is 0 Å². The standard InChI is InChI=1S/C23H26N2O5/c1-15-5-3-4-6-19(15)29-14-23(2)13-18(26)21-17(22(24)27)11-16(12-20(21)30-23)25-7-9-28-10-8-25/h3-6,11-12H,7-10,13-14H2,1-2H3,(H2,24,27). The fourth-order valence-electron chi connectivity index (χ4n) is 3.93. The van der Waals surface area contributed by atoms with Crippen molar-refractivity contribution in [1.82, 2.24) is 0 Å². The van der Waals surface area contributed by atoms with E-state index >= 15 is 0 Å². The van der Waals surface area contributed by atoms with Crippen LogP contribution in [0, 0.1) is 6.92 Å². The zero-order chi connectivity index (χ0) is 21.3. The van der Waals surface area contributed by atoms with Crippen LogP contribution in [0.2, 0.25) is 0 Å². The molecule has 1 amide bonds. The molecule has 0 aromatic heterocycles. The molecule has 2 heterocycles. The second kappa shape index (κ2) is 7.99. The molecular weight excluding hydrogens is 384 g/mol. The molecule has 30 heavy (non-hydrogen) atoms. The number of hydrogen-bond acceptors (Lipinski definition) is 6. The average Bonchev–Trinajstić information content (AvgIpc) is 2.72. The third-order valence-electron chi connectivity index (χ3n) is 5.52. The first-order valence-electron chi connectivity index (χ1n) is 10.1. The van der Waals surface area contributed by atoms with Crippen LogP contribution in [0.1, 0.15) is 39.6 Å². The summed E-state index contributed by atoms with van der Waals surface area (Å²) in [5, 5.41) is 0. The Kier molecular flexibility index (Phi) is 5.39. The van der Waals surface area contributed by atoms with Crippen molar-refractivity contribution < 1.29 is 23.8 Å². The lowest BCUT2D eigenvalue weighted by Gasteiger charge is -2.36. The van der Waals surface area contributed by atoms with Gasteiger partial charge in [0.2, 0.25) is 5.91 Å². The van der Waals surface area contributed by atoms with E-state index in [0.717, 1.165) is 17.0 Å². The highest BCUT2D eigenvalue weighted by molar-refractivity contribution is 6.11. The second-order valence-corrected chi connectivity index (χ2v) is 8.04. The number of para-hydroxylation sites is 1. The molecule has 0 radical (unpaired) electrons. The van der Waals surface area contributed by atoms with E-state index in [4.69, 9.17) is 19.9 Å². The summed E-state index contributed by atoms with van der Waals surface area (Å²) in [4.78, 5) is 27.2. The summed E-state index contributed by atoms with van der Waals surface area (Å²) in [7, 11) is 0. The molecule has 1 unspecified atom stereocenters. The molecule has 0 aliphatic carbocycles. The van der Waals surface area contributed by atoms with Crippen molar-refractivity contribution in [2.45, 2.75) is 25.9 Å². The van der Waals surface area contributed by atoms with Gasteiger partial charge in [-0.2, -0.15) is 0 Å². The van der Waals surface area contributed by atoms with Crippen LogP contribution in [-0.4, -0.2) is 50.2 Å². The predicted molar refractivity (Wildman–Crippen MR) is 113 cm³/mol. The summed E-state index contributed by atoms with van der Waals surface area (Å²) in [6.45, 7) is 6.61. The molecule has 158 valence electrons. The van der Waals surface area contributed by atoms with Crippen molar-refractivity contribution in [2.75, 3.05) is 37.8 Å². The Morgan fingerprint density at radius 3 is 2.67 bits per heavy atom. The summed E-state index contributed by atoms with van der Waals surface area (Å²) in [6, 6.07) is 11.2. The molecule has 2 N–H and O–H groups in total. The van der Waals surface area contributed by atoms with Gasteiger partial charge in [0.15, 0.2) is 5.78 Å². The number of carbonyl (C=O) groups is 2. The smallest absolute Gasteiger partial charge is 0.249 e. The first-order valence-corrected chi connectivity index (χ1v) is 10.1. The molecule has 2 aliphatic heterocycles. The zero-order valence-corrected chi connectivity index (χ0v) is 17.3. The first-order chi connectivity index (χ1) is 14.4. The van der Waals surface area contributed by atoms with Crippen molar-refractivity contribution in [3.63, 3.8) is 0 Å². The lowest BCUT2D eigenvalue weighted by atomic mass is 9.88. The Morgan fingerprint density at radius 1 is 1.23 bits per heavy atom. The van der Waals surface area contributed by atoms with Gasteiger partial charge in [0.25, 0.3) is 0 Å². The largest absolute Gasteiger partial charge is 0.489 e. The van der Waals surface area contributed by atoms with Gasteiger partial charge in [-0.15, -0.1) is 0 Å². The maximum Gasteiger partial charge on any atom is 0.249 e. The molecule has 0 saturated carbocycles. The SMILES string of the molecule is Cc1ccccc1OCC1(C)CC(=O)c2c(cc(N3CCOCC3)cc2C(N)=O)O1. The molecule has 1 fully saturated rings. The van der Waals surface area contributed by atoms with E-state index in [1.807, 2.05) is 44.2 Å². The van der Waals surface area contributed by atoms with Gasteiger partial charge >= 0.3 is 0 Å². The molecule has 1 atom stereocenters. The van der Waals surface area contributed by atoms with E-state index in [1.54, 1.807) is 6.07 Å². The van der Waals surface area contributed by atoms with Crippen molar-refractivity contribution in [1.29, 1.82) is 0 Å². The Bertz CT molecular complexity index is 984. The average molecular weight is 410 g/mol. The van der Waals surface area contributed by atoms with Crippen molar-refractivity contribution in [3.05, 3.63) is 53.1 Å². The molecule has 0 spiro atoms. The maximum atomic E-state index is 13.0. The molecule has 4 rings (SSSR count). The summed E-state index contributed by atoms with van der Waals surface area (Å²) in [6.07, 6.45) is 0.100. The zero-order valence-electron chi connectivity index (χ0n) is 17.3. The molecule has 2 aliphatic rings. The normalized spacial score (nSPS) is 21.0. The van der Waals surface area contributed by atoms with Crippen molar-refractivity contribution in [3.8, 4) is 11.5 Å². The quantitative estimate of drug-likeness (QED) is 0.815. The Morgan fingerprint density at radius 2 is 1.97 bits per heavy atom. The number of nitrogens with zero attached hydrogens (tertiary/aromatic N) is 1. The van der Waals surface area contributed by atoms with E-state index in [9.17, 15) is 9.59 Å². The van der Waals surface area contributed by atoms with Crippen LogP contribution in [0.15, 0.2) is 36.4 Å². The number of hydrogen-bond donors (Lipinski definition) is 1. The summed E-state index contributed by atoms with van der Waals surface area (Å²) < 4.78 is 17.6. The molecule has 1 saturated heterocycles. The predicted octanol–water partition coefficient (Wildman–Crippen LogP) is 2.73. The number of anilines is 1. The molecule has 7 nitrogen and oxygen atoms in total. The number of ether oxygens (including phenoxy) is 3. The van der Waals surface area contributed by atoms with E-state index < -0.39 is 11.5 Å². The van der Waals surface area contributed by atoms with Gasteiger partial charge in [-0.05, 0) is 31.5 Å². The summed E-state index contributed by atoms with van der Waals surface area (Å²) in [5.41, 5.74) is 7.00. The van der Waals surface area contributed by atoms with Crippen LogP contribution in [0.3, 0.4) is 0 Å². The minimum absolute atomic E-state index is 0.100. The fourth-order valence-corrected chi connectivity index (χ4v) is 3.93. The molecule has 0 bridgehead atoms. The van der Waals surface area contributed by atoms with Crippen molar-refractivity contribution in [2.24, 2.45) is 5.73 Å². The summed E-state index contributed by atoms with van der Waals surface area (Å²) >= 11 is 0. The van der Waals surface area contributed by atoms with Crippen LogP contribution in [-0.2, 0) is 4.74 Å². The number of fused-ring (bicyclic) bond motifs is 1. The van der Waals surface area contributed by atoms with Gasteiger partial charge in [-0.1, -0.05) is 18.2 Å². The summed E-state index contributed by atoms with van der Waals surface area (Å²) in [5.74, 6) is 0.313. The first kappa shape index (κ1) is 20.2.